The zero-order valence-electron chi connectivity index (χ0n) is 21.2. The molecule has 2 heterocycles. The van der Waals surface area contributed by atoms with E-state index in [0.29, 0.717) is 0 Å². The zero-order valence-corrected chi connectivity index (χ0v) is 17.0. The summed E-state index contributed by atoms with van der Waals surface area (Å²) >= 11 is 5.68. The first kappa shape index (κ1) is 16.3. The fraction of sp³-hybridized carbons (Fsp3) is 0.273. The second-order valence-corrected chi connectivity index (χ2v) is 7.65. The fourth-order valence-electron chi connectivity index (χ4n) is 3.46. The van der Waals surface area contributed by atoms with E-state index in [1.165, 1.54) is 0 Å². The molecule has 4 rings (SSSR count). The number of hydrogen-bond acceptors (Lipinski definition) is 4. The quantitative estimate of drug-likeness (QED) is 0.662. The summed E-state index contributed by atoms with van der Waals surface area (Å²) in [6, 6.07) is 2.18. The van der Waals surface area contributed by atoms with Crippen molar-refractivity contribution in [2.45, 2.75) is 37.8 Å². The Balaban J connectivity index is 1.67. The number of fused-ring (bicyclic) bond motifs is 1. The van der Waals surface area contributed by atoms with Gasteiger partial charge >= 0.3 is 5.92 Å². The highest BCUT2D eigenvalue weighted by molar-refractivity contribution is 6.30. The molecule has 0 bridgehead atoms. The molecule has 2 N–H and O–H groups in total. The fourth-order valence-corrected chi connectivity index (χ4v) is 3.59. The second-order valence-electron chi connectivity index (χ2n) is 7.22. The van der Waals surface area contributed by atoms with Crippen LogP contribution in [0.4, 0.5) is 8.78 Å². The van der Waals surface area contributed by atoms with Crippen molar-refractivity contribution in [2.24, 2.45) is 0 Å². The van der Waals surface area contributed by atoms with E-state index in [0.717, 1.165) is 35.2 Å². The van der Waals surface area contributed by atoms with Crippen molar-refractivity contribution in [3.63, 3.8) is 0 Å². The van der Waals surface area contributed by atoms with Gasteiger partial charge in [0.1, 0.15) is 6.04 Å². The van der Waals surface area contributed by atoms with Crippen LogP contribution in [0.1, 0.15) is 45.4 Å². The van der Waals surface area contributed by atoms with Gasteiger partial charge in [0.2, 0.25) is 11.8 Å². The number of carbonyl (C=O) groups is 4. The molecule has 1 unspecified atom stereocenters. The van der Waals surface area contributed by atoms with Crippen molar-refractivity contribution in [2.75, 3.05) is 0 Å². The maximum absolute atomic E-state index is 14.8. The molecule has 0 saturated carbocycles. The van der Waals surface area contributed by atoms with E-state index >= 15 is 0 Å². The van der Waals surface area contributed by atoms with E-state index < -0.39 is 70.6 Å². The third-order valence-electron chi connectivity index (χ3n) is 5.12. The standard InChI is InChI=1S/C22H18ClF2N3O4/c23-15-4-2-14(3-5-15)22(24,25)21(32)26-10-12-1-6-16-13(9-12)11-28(20(16)31)17-7-8-18(29)27-19(17)30/h1-6,9,17H,7-8,10-11H2,(H,26,32)(H,27,29,30)/i1D,6D,10D2/hD. The van der Waals surface area contributed by atoms with E-state index in [-0.39, 0.29) is 35.5 Å². The molecule has 7 nitrogen and oxygen atoms in total. The van der Waals surface area contributed by atoms with Crippen LogP contribution in [0.25, 0.3) is 0 Å². The summed E-state index contributed by atoms with van der Waals surface area (Å²) in [5.41, 5.74) is -1.87. The van der Waals surface area contributed by atoms with Crippen molar-refractivity contribution in [3.05, 3.63) is 69.7 Å². The van der Waals surface area contributed by atoms with Crippen molar-refractivity contribution in [3.8, 4) is 0 Å². The lowest BCUT2D eigenvalue weighted by Gasteiger charge is -2.29. The molecular formula is C22H18ClF2N3O4. The Morgan fingerprint density at radius 3 is 2.72 bits per heavy atom. The Morgan fingerprint density at radius 2 is 2.03 bits per heavy atom. The molecule has 2 aliphatic heterocycles. The molecule has 0 aromatic heterocycles. The van der Waals surface area contributed by atoms with Crippen molar-refractivity contribution in [1.82, 2.24) is 15.5 Å². The summed E-state index contributed by atoms with van der Waals surface area (Å²) in [7, 11) is 0. The first-order chi connectivity index (χ1) is 17.2. The Kier molecular flexibility index (Phi) is 4.24. The topological polar surface area (TPSA) is 95.6 Å². The van der Waals surface area contributed by atoms with Gasteiger partial charge in [0.25, 0.3) is 11.8 Å². The Labute approximate surface area is 193 Å². The predicted molar refractivity (Wildman–Crippen MR) is 110 cm³/mol. The molecule has 32 heavy (non-hydrogen) atoms. The van der Waals surface area contributed by atoms with Crippen molar-refractivity contribution in [1.29, 1.82) is 0 Å². The van der Waals surface area contributed by atoms with Gasteiger partial charge in [-0.1, -0.05) is 35.8 Å². The minimum Gasteiger partial charge on any atom is -0.346 e. The second kappa shape index (κ2) is 8.31. The number of alkyl halides is 2. The molecule has 1 fully saturated rings. The van der Waals surface area contributed by atoms with Gasteiger partial charge in [-0.2, -0.15) is 8.78 Å². The first-order valence-corrected chi connectivity index (χ1v) is 9.81. The molecule has 2 aromatic rings. The molecule has 166 valence electrons. The Morgan fingerprint density at radius 1 is 1.31 bits per heavy atom. The molecule has 1 saturated heterocycles. The van der Waals surface area contributed by atoms with Crippen LogP contribution in [0, 0.1) is 0 Å². The van der Waals surface area contributed by atoms with E-state index in [9.17, 15) is 28.0 Å². The summed E-state index contributed by atoms with van der Waals surface area (Å²) in [6.45, 7) is -3.59. The van der Waals surface area contributed by atoms with Gasteiger partial charge in [-0.15, -0.1) is 0 Å². The third-order valence-corrected chi connectivity index (χ3v) is 5.37. The summed E-state index contributed by atoms with van der Waals surface area (Å²) < 4.78 is 70.6. The number of nitrogens with one attached hydrogen (secondary N) is 2. The highest BCUT2D eigenvalue weighted by atomic mass is 35.5. The van der Waals surface area contributed by atoms with Crippen molar-refractivity contribution >= 4 is 35.2 Å². The van der Waals surface area contributed by atoms with Crippen LogP contribution < -0.4 is 10.6 Å². The number of benzene rings is 2. The molecule has 4 amide bonds. The normalized spacial score (nSPS) is 21.1. The average molecular weight is 467 g/mol. The van der Waals surface area contributed by atoms with Gasteiger partial charge in [0, 0.05) is 35.6 Å². The van der Waals surface area contributed by atoms with Gasteiger partial charge in [0.05, 0.1) is 5.48 Å². The van der Waals surface area contributed by atoms with Crippen LogP contribution in [-0.4, -0.2) is 34.6 Å². The molecule has 0 radical (unpaired) electrons. The highest BCUT2D eigenvalue weighted by Crippen LogP contribution is 2.30. The number of rotatable bonds is 5. The largest absolute Gasteiger partial charge is 0.349 e. The van der Waals surface area contributed by atoms with Gasteiger partial charge in [-0.3, -0.25) is 24.5 Å². The molecule has 0 spiro atoms. The number of nitrogens with zero attached hydrogens (tertiary/aromatic N) is 1. The number of piperidine rings is 1. The number of amides is 4. The van der Waals surface area contributed by atoms with Crippen LogP contribution in [0.15, 0.2) is 42.4 Å². The van der Waals surface area contributed by atoms with Gasteiger partial charge < -0.3 is 10.2 Å². The van der Waals surface area contributed by atoms with Gasteiger partial charge in [-0.25, -0.2) is 0 Å². The van der Waals surface area contributed by atoms with E-state index in [4.69, 9.17) is 18.5 Å². The van der Waals surface area contributed by atoms with Crippen LogP contribution >= 0.6 is 11.6 Å². The summed E-state index contributed by atoms with van der Waals surface area (Å²) in [5, 5.41) is 1.63. The third kappa shape index (κ3) is 4.08. The van der Waals surface area contributed by atoms with E-state index in [2.05, 4.69) is 5.32 Å². The highest BCUT2D eigenvalue weighted by Gasteiger charge is 2.41. The number of halogens is 3. The first-order valence-electron chi connectivity index (χ1n) is 11.9. The monoisotopic (exact) mass is 466 g/mol. The Hall–Kier alpha value is -3.33. The smallest absolute Gasteiger partial charge is 0.346 e. The molecule has 2 aliphatic rings. The zero-order chi connectivity index (χ0) is 27.4. The molecule has 10 heteroatoms. The lowest BCUT2D eigenvalue weighted by molar-refractivity contribution is -0.147. The van der Waals surface area contributed by atoms with Crippen molar-refractivity contribution < 1.29 is 34.9 Å². The number of carbonyl (C=O) groups excluding carboxylic acids is 4. The minimum atomic E-state index is -4.32. The van der Waals surface area contributed by atoms with Gasteiger partial charge in [0.15, 0.2) is 1.41 Å². The number of imide groups is 1. The molecule has 2 aromatic carbocycles. The van der Waals surface area contributed by atoms with E-state index in [1.54, 1.807) is 0 Å². The Bertz CT molecular complexity index is 1340. The average Bonchev–Trinajstić information content (AvgIpc) is 3.16. The molecule has 0 aliphatic carbocycles. The van der Waals surface area contributed by atoms with Crippen LogP contribution in [0.5, 0.6) is 0 Å². The number of hydrogen-bond donors (Lipinski definition) is 2. The summed E-state index contributed by atoms with van der Waals surface area (Å²) in [6.07, 6.45) is -0.00652. The lowest BCUT2D eigenvalue weighted by atomic mass is 10.0. The maximum Gasteiger partial charge on any atom is 0.349 e. The summed E-state index contributed by atoms with van der Waals surface area (Å²) in [4.78, 5) is 50.3. The minimum absolute atomic E-state index is 0.0138. The van der Waals surface area contributed by atoms with Crippen LogP contribution in [0.2, 0.25) is 6.43 Å². The van der Waals surface area contributed by atoms with Gasteiger partial charge in [-0.05, 0) is 35.7 Å². The molecular weight excluding hydrogens is 444 g/mol. The van der Waals surface area contributed by atoms with Crippen LogP contribution in [0.3, 0.4) is 0 Å². The SMILES string of the molecule is [2H]c1c(C([2H])([2H])N([2H])C(=O)C(F)(F)c2ccc(Cl)cc2)cc2c(c1[2H])C(=O)N(C1CCC(=O)NC1=O)C2. The van der Waals surface area contributed by atoms with E-state index in [1.807, 2.05) is 0 Å². The maximum atomic E-state index is 14.8. The molecule has 1 atom stereocenters. The summed E-state index contributed by atoms with van der Waals surface area (Å²) in [5.74, 6) is -8.57. The lowest BCUT2D eigenvalue weighted by Crippen LogP contribution is -2.52. The van der Waals surface area contributed by atoms with Crippen LogP contribution in [-0.2, 0) is 33.3 Å². The predicted octanol–water partition coefficient (Wildman–Crippen LogP) is 2.51.